The average molecular weight is 403 g/mol. The fourth-order valence-corrected chi connectivity index (χ4v) is 3.17. The molecule has 0 atom stereocenters. The molecule has 0 amide bonds. The first-order valence-corrected chi connectivity index (χ1v) is 9.53. The van der Waals surface area contributed by atoms with E-state index in [0.717, 1.165) is 22.3 Å². The summed E-state index contributed by atoms with van der Waals surface area (Å²) in [5, 5.41) is 7.87. The minimum atomic E-state index is 0.411. The van der Waals surface area contributed by atoms with Gasteiger partial charge in [0.1, 0.15) is 5.82 Å². The lowest BCUT2D eigenvalue weighted by atomic mass is 10.0. The predicted octanol–water partition coefficient (Wildman–Crippen LogP) is 5.72. The van der Waals surface area contributed by atoms with E-state index in [0.29, 0.717) is 22.6 Å². The maximum absolute atomic E-state index is 6.23. The molecule has 2 heterocycles. The molecule has 0 spiro atoms. The Hall–Kier alpha value is -3.44. The van der Waals surface area contributed by atoms with Gasteiger partial charge in [-0.15, -0.1) is 0 Å². The van der Waals surface area contributed by atoms with Crippen molar-refractivity contribution in [2.45, 2.75) is 6.92 Å². The highest BCUT2D eigenvalue weighted by Crippen LogP contribution is 2.30. The van der Waals surface area contributed by atoms with Crippen LogP contribution in [-0.2, 0) is 0 Å². The van der Waals surface area contributed by atoms with E-state index < -0.39 is 0 Å². The number of benzene rings is 2. The lowest BCUT2D eigenvalue weighted by molar-refractivity contribution is 0.409. The second-order valence-corrected chi connectivity index (χ2v) is 6.99. The van der Waals surface area contributed by atoms with Gasteiger partial charge in [0.05, 0.1) is 5.56 Å². The number of nitrogens with one attached hydrogen (secondary N) is 1. The summed E-state index contributed by atoms with van der Waals surface area (Å²) >= 11 is 6.23. The van der Waals surface area contributed by atoms with Crippen LogP contribution in [0, 0.1) is 6.92 Å². The van der Waals surface area contributed by atoms with Crippen LogP contribution in [-0.4, -0.2) is 22.2 Å². The Morgan fingerprint density at radius 1 is 1.07 bits per heavy atom. The molecule has 0 aliphatic heterocycles. The molecule has 0 saturated carbocycles. The minimum absolute atomic E-state index is 0.411. The smallest absolute Gasteiger partial charge is 0.258 e. The number of hydrogen-bond acceptors (Lipinski definition) is 5. The lowest BCUT2D eigenvalue weighted by Gasteiger charge is -2.05. The van der Waals surface area contributed by atoms with Gasteiger partial charge in [-0.3, -0.25) is 0 Å². The summed E-state index contributed by atoms with van der Waals surface area (Å²) in [7, 11) is 1.81. The fraction of sp³-hybridized carbons (Fsp3) is 0.0870. The third kappa shape index (κ3) is 4.20. The van der Waals surface area contributed by atoms with Crippen molar-refractivity contribution >= 4 is 29.1 Å². The third-order valence-electron chi connectivity index (χ3n) is 4.47. The second kappa shape index (κ2) is 8.29. The molecule has 5 nitrogen and oxygen atoms in total. The second-order valence-electron chi connectivity index (χ2n) is 6.55. The van der Waals surface area contributed by atoms with Gasteiger partial charge in [0, 0.05) is 23.8 Å². The van der Waals surface area contributed by atoms with Crippen molar-refractivity contribution in [2.75, 3.05) is 12.4 Å². The Kier molecular flexibility index (Phi) is 5.40. The van der Waals surface area contributed by atoms with Gasteiger partial charge in [-0.05, 0) is 48.4 Å². The van der Waals surface area contributed by atoms with Crippen LogP contribution in [0.2, 0.25) is 5.02 Å². The van der Waals surface area contributed by atoms with Crippen molar-refractivity contribution in [3.63, 3.8) is 0 Å². The first-order chi connectivity index (χ1) is 14.1. The molecule has 0 fully saturated rings. The van der Waals surface area contributed by atoms with Crippen LogP contribution in [0.25, 0.3) is 23.0 Å². The molecule has 144 valence electrons. The zero-order chi connectivity index (χ0) is 20.2. The first kappa shape index (κ1) is 18.9. The molecule has 0 bridgehead atoms. The molecule has 2 aromatic carbocycles. The van der Waals surface area contributed by atoms with Gasteiger partial charge in [0.25, 0.3) is 5.89 Å². The molecule has 4 rings (SSSR count). The molecule has 0 unspecified atom stereocenters. The molecule has 0 aliphatic rings. The summed E-state index contributed by atoms with van der Waals surface area (Å²) < 4.78 is 5.64. The van der Waals surface area contributed by atoms with Crippen LogP contribution in [0.5, 0.6) is 0 Å². The van der Waals surface area contributed by atoms with Gasteiger partial charge in [-0.2, -0.15) is 4.98 Å². The van der Waals surface area contributed by atoms with E-state index >= 15 is 0 Å². The standard InChI is InChI=1S/C23H19ClN4O/c1-15-8-10-16(11-9-15)13-20(17-5-3-6-18(24)14-17)23-27-22(28-29-23)19-7-4-12-26-21(19)25-2/h3-14H,1-2H3,(H,25,26)/b20-13-. The minimum Gasteiger partial charge on any atom is -0.373 e. The highest BCUT2D eigenvalue weighted by molar-refractivity contribution is 6.30. The first-order valence-electron chi connectivity index (χ1n) is 9.15. The topological polar surface area (TPSA) is 63.8 Å². The molecule has 0 radical (unpaired) electrons. The van der Waals surface area contributed by atoms with Crippen molar-refractivity contribution in [1.82, 2.24) is 15.1 Å². The molecular weight excluding hydrogens is 384 g/mol. The van der Waals surface area contributed by atoms with Gasteiger partial charge in [0.2, 0.25) is 5.82 Å². The van der Waals surface area contributed by atoms with E-state index in [4.69, 9.17) is 16.1 Å². The molecule has 6 heteroatoms. The highest BCUT2D eigenvalue weighted by atomic mass is 35.5. The Labute approximate surface area is 174 Å². The van der Waals surface area contributed by atoms with Crippen molar-refractivity contribution in [3.05, 3.63) is 94.5 Å². The van der Waals surface area contributed by atoms with E-state index in [1.807, 2.05) is 49.5 Å². The zero-order valence-electron chi connectivity index (χ0n) is 16.1. The van der Waals surface area contributed by atoms with Crippen molar-refractivity contribution in [2.24, 2.45) is 0 Å². The average Bonchev–Trinajstić information content (AvgIpc) is 3.23. The van der Waals surface area contributed by atoms with E-state index in [9.17, 15) is 0 Å². The molecular formula is C23H19ClN4O. The molecule has 4 aromatic rings. The van der Waals surface area contributed by atoms with Gasteiger partial charge in [0.15, 0.2) is 0 Å². The van der Waals surface area contributed by atoms with E-state index in [2.05, 4.69) is 51.6 Å². The number of aryl methyl sites for hydroxylation is 1. The number of hydrogen-bond donors (Lipinski definition) is 1. The van der Waals surface area contributed by atoms with E-state index in [1.165, 1.54) is 5.56 Å². The zero-order valence-corrected chi connectivity index (χ0v) is 16.8. The van der Waals surface area contributed by atoms with Crippen molar-refractivity contribution in [1.29, 1.82) is 0 Å². The summed E-state index contributed by atoms with van der Waals surface area (Å²) in [6.07, 6.45) is 3.73. The largest absolute Gasteiger partial charge is 0.373 e. The number of aromatic nitrogens is 3. The Balaban J connectivity index is 1.82. The van der Waals surface area contributed by atoms with Crippen LogP contribution in [0.4, 0.5) is 5.82 Å². The van der Waals surface area contributed by atoms with Gasteiger partial charge < -0.3 is 9.84 Å². The van der Waals surface area contributed by atoms with E-state index in [1.54, 1.807) is 6.20 Å². The van der Waals surface area contributed by atoms with Crippen LogP contribution in [0.3, 0.4) is 0 Å². The SMILES string of the molecule is CNc1ncccc1-c1noc(/C(=C\c2ccc(C)cc2)c2cccc(Cl)c2)n1. The Morgan fingerprint density at radius 2 is 1.90 bits per heavy atom. The number of pyridine rings is 1. The summed E-state index contributed by atoms with van der Waals surface area (Å²) in [5.74, 6) is 1.56. The molecule has 2 aromatic heterocycles. The summed E-state index contributed by atoms with van der Waals surface area (Å²) in [6.45, 7) is 2.06. The predicted molar refractivity (Wildman–Crippen MR) is 117 cm³/mol. The van der Waals surface area contributed by atoms with Gasteiger partial charge in [-0.1, -0.05) is 58.7 Å². The number of halogens is 1. The van der Waals surface area contributed by atoms with Gasteiger partial charge >= 0.3 is 0 Å². The summed E-state index contributed by atoms with van der Waals surface area (Å²) in [5.41, 5.74) is 4.69. The highest BCUT2D eigenvalue weighted by Gasteiger charge is 2.17. The number of rotatable bonds is 5. The van der Waals surface area contributed by atoms with E-state index in [-0.39, 0.29) is 0 Å². The van der Waals surface area contributed by atoms with Gasteiger partial charge in [-0.25, -0.2) is 4.98 Å². The van der Waals surface area contributed by atoms with Crippen LogP contribution >= 0.6 is 11.6 Å². The Bertz CT molecular complexity index is 1170. The third-order valence-corrected chi connectivity index (χ3v) is 4.70. The molecule has 1 N–H and O–H groups in total. The quantitative estimate of drug-likeness (QED) is 0.432. The number of nitrogens with zero attached hydrogens (tertiary/aromatic N) is 3. The maximum Gasteiger partial charge on any atom is 0.258 e. The summed E-state index contributed by atoms with van der Waals surface area (Å²) in [4.78, 5) is 8.95. The maximum atomic E-state index is 6.23. The Morgan fingerprint density at radius 3 is 2.66 bits per heavy atom. The van der Waals surface area contributed by atoms with Crippen LogP contribution < -0.4 is 5.32 Å². The van der Waals surface area contributed by atoms with Crippen molar-refractivity contribution < 1.29 is 4.52 Å². The van der Waals surface area contributed by atoms with Crippen LogP contribution in [0.15, 0.2) is 71.4 Å². The normalized spacial score (nSPS) is 11.5. The van der Waals surface area contributed by atoms with Crippen molar-refractivity contribution in [3.8, 4) is 11.4 Å². The summed E-state index contributed by atoms with van der Waals surface area (Å²) in [6, 6.07) is 19.6. The monoisotopic (exact) mass is 402 g/mol. The molecule has 0 aliphatic carbocycles. The fourth-order valence-electron chi connectivity index (χ4n) is 2.98. The number of anilines is 1. The lowest BCUT2D eigenvalue weighted by Crippen LogP contribution is -1.96. The van der Waals surface area contributed by atoms with Crippen LogP contribution in [0.1, 0.15) is 22.6 Å². The molecule has 29 heavy (non-hydrogen) atoms. The molecule has 0 saturated heterocycles.